The second-order valence-corrected chi connectivity index (χ2v) is 3.65. The van der Waals surface area contributed by atoms with Crippen LogP contribution in [0, 0.1) is 17.0 Å². The van der Waals surface area contributed by atoms with Gasteiger partial charge in [0.25, 0.3) is 5.69 Å². The van der Waals surface area contributed by atoms with Gasteiger partial charge in [-0.25, -0.2) is 0 Å². The molecule has 0 unspecified atom stereocenters. The monoisotopic (exact) mass is 233 g/mol. The largest absolute Gasteiger partial charge is 0.377 e. The molecule has 17 heavy (non-hydrogen) atoms. The summed E-state index contributed by atoms with van der Waals surface area (Å²) < 4.78 is 4.92. The van der Waals surface area contributed by atoms with E-state index in [1.165, 1.54) is 12.1 Å². The van der Waals surface area contributed by atoms with Crippen molar-refractivity contribution in [1.29, 1.82) is 0 Å². The number of nitro groups is 1. The molecule has 0 saturated heterocycles. The van der Waals surface area contributed by atoms with Gasteiger partial charge in [-0.2, -0.15) is 0 Å². The molecule has 0 fully saturated rings. The first-order valence-corrected chi connectivity index (χ1v) is 5.04. The van der Waals surface area contributed by atoms with Gasteiger partial charge >= 0.3 is 0 Å². The summed E-state index contributed by atoms with van der Waals surface area (Å²) in [5.41, 5.74) is 1.59. The summed E-state index contributed by atoms with van der Waals surface area (Å²) in [5.74, 6) is 0.675. The van der Waals surface area contributed by atoms with Crippen molar-refractivity contribution in [3.63, 3.8) is 0 Å². The standard InChI is InChI=1S/C11H11N3O3/c1-8-4-9(6-10(5-8)14(15)16)12-7-11-2-3-13-17-11/h2-6,12H,7H2,1H3. The fraction of sp³-hybridized carbons (Fsp3) is 0.182. The minimum atomic E-state index is -0.410. The van der Waals surface area contributed by atoms with E-state index in [4.69, 9.17) is 4.52 Å². The fourth-order valence-electron chi connectivity index (χ4n) is 1.49. The lowest BCUT2D eigenvalue weighted by Crippen LogP contribution is -1.99. The zero-order valence-corrected chi connectivity index (χ0v) is 9.21. The Morgan fingerprint density at radius 3 is 2.94 bits per heavy atom. The number of aromatic nitrogens is 1. The molecule has 1 N–H and O–H groups in total. The maximum absolute atomic E-state index is 10.7. The van der Waals surface area contributed by atoms with E-state index in [0.29, 0.717) is 18.0 Å². The van der Waals surface area contributed by atoms with Crippen LogP contribution in [0.15, 0.2) is 35.0 Å². The molecule has 1 heterocycles. The highest BCUT2D eigenvalue weighted by Crippen LogP contribution is 2.20. The molecule has 0 spiro atoms. The van der Waals surface area contributed by atoms with E-state index in [-0.39, 0.29) is 5.69 Å². The second kappa shape index (κ2) is 4.65. The quantitative estimate of drug-likeness (QED) is 0.648. The normalized spacial score (nSPS) is 10.2. The van der Waals surface area contributed by atoms with E-state index in [1.807, 2.05) is 13.0 Å². The molecule has 6 nitrogen and oxygen atoms in total. The molecule has 2 aromatic rings. The van der Waals surface area contributed by atoms with Crippen LogP contribution in [0.3, 0.4) is 0 Å². The van der Waals surface area contributed by atoms with Crippen LogP contribution >= 0.6 is 0 Å². The molecule has 0 aliphatic heterocycles. The molecular weight excluding hydrogens is 222 g/mol. The van der Waals surface area contributed by atoms with E-state index < -0.39 is 4.92 Å². The molecule has 1 aromatic heterocycles. The molecule has 0 aliphatic rings. The fourth-order valence-corrected chi connectivity index (χ4v) is 1.49. The van der Waals surface area contributed by atoms with Crippen LogP contribution in [0.2, 0.25) is 0 Å². The van der Waals surface area contributed by atoms with Crippen molar-refractivity contribution >= 4 is 11.4 Å². The molecule has 0 radical (unpaired) electrons. The van der Waals surface area contributed by atoms with Crippen LogP contribution in [0.5, 0.6) is 0 Å². The lowest BCUT2D eigenvalue weighted by Gasteiger charge is -2.05. The first-order valence-electron chi connectivity index (χ1n) is 5.04. The average molecular weight is 233 g/mol. The number of hydrogen-bond donors (Lipinski definition) is 1. The predicted octanol–water partition coefficient (Wildman–Crippen LogP) is 2.50. The first kappa shape index (κ1) is 11.1. The number of hydrogen-bond acceptors (Lipinski definition) is 5. The molecule has 0 amide bonds. The van der Waals surface area contributed by atoms with E-state index in [9.17, 15) is 10.1 Å². The lowest BCUT2D eigenvalue weighted by molar-refractivity contribution is -0.384. The first-order chi connectivity index (χ1) is 8.15. The summed E-state index contributed by atoms with van der Waals surface area (Å²) in [7, 11) is 0. The van der Waals surface area contributed by atoms with Crippen molar-refractivity contribution in [2.75, 3.05) is 5.32 Å². The van der Waals surface area contributed by atoms with Gasteiger partial charge in [0, 0.05) is 23.9 Å². The molecule has 0 saturated carbocycles. The second-order valence-electron chi connectivity index (χ2n) is 3.65. The van der Waals surface area contributed by atoms with Gasteiger partial charge < -0.3 is 9.84 Å². The van der Waals surface area contributed by atoms with Gasteiger partial charge in [0.15, 0.2) is 5.76 Å². The third kappa shape index (κ3) is 2.81. The zero-order chi connectivity index (χ0) is 12.3. The molecule has 88 valence electrons. The van der Waals surface area contributed by atoms with Gasteiger partial charge in [0.05, 0.1) is 17.7 Å². The van der Waals surface area contributed by atoms with Crippen LogP contribution in [-0.4, -0.2) is 10.1 Å². The van der Waals surface area contributed by atoms with Gasteiger partial charge in [0.2, 0.25) is 0 Å². The van der Waals surface area contributed by atoms with Gasteiger partial charge in [-0.15, -0.1) is 0 Å². The number of nitrogens with zero attached hydrogens (tertiary/aromatic N) is 2. The number of nitro benzene ring substituents is 1. The maximum Gasteiger partial charge on any atom is 0.271 e. The number of nitrogens with one attached hydrogen (secondary N) is 1. The van der Waals surface area contributed by atoms with E-state index in [1.54, 1.807) is 12.3 Å². The molecular formula is C11H11N3O3. The zero-order valence-electron chi connectivity index (χ0n) is 9.21. The Labute approximate surface area is 97.4 Å². The molecule has 1 aromatic carbocycles. The Morgan fingerprint density at radius 1 is 1.47 bits per heavy atom. The van der Waals surface area contributed by atoms with Crippen LogP contribution in [0.1, 0.15) is 11.3 Å². The number of anilines is 1. The third-order valence-corrected chi connectivity index (χ3v) is 2.23. The van der Waals surface area contributed by atoms with E-state index >= 15 is 0 Å². The van der Waals surface area contributed by atoms with Crippen molar-refractivity contribution in [3.8, 4) is 0 Å². The highest BCUT2D eigenvalue weighted by molar-refractivity contribution is 5.53. The average Bonchev–Trinajstić information content (AvgIpc) is 2.78. The number of aryl methyl sites for hydroxylation is 1. The van der Waals surface area contributed by atoms with Gasteiger partial charge in [-0.3, -0.25) is 10.1 Å². The van der Waals surface area contributed by atoms with Crippen LogP contribution < -0.4 is 5.32 Å². The summed E-state index contributed by atoms with van der Waals surface area (Å²) in [6, 6.07) is 6.59. The third-order valence-electron chi connectivity index (χ3n) is 2.23. The Morgan fingerprint density at radius 2 is 2.29 bits per heavy atom. The smallest absolute Gasteiger partial charge is 0.271 e. The van der Waals surface area contributed by atoms with Crippen molar-refractivity contribution in [1.82, 2.24) is 5.16 Å². The van der Waals surface area contributed by atoms with Crippen molar-refractivity contribution in [2.24, 2.45) is 0 Å². The van der Waals surface area contributed by atoms with Crippen LogP contribution in [-0.2, 0) is 6.54 Å². The Kier molecular flexibility index (Phi) is 3.04. The summed E-state index contributed by atoms with van der Waals surface area (Å²) >= 11 is 0. The SMILES string of the molecule is Cc1cc(NCc2ccno2)cc([N+](=O)[O-])c1. The van der Waals surface area contributed by atoms with Gasteiger partial charge in [0.1, 0.15) is 0 Å². The van der Waals surface area contributed by atoms with Gasteiger partial charge in [-0.1, -0.05) is 5.16 Å². The summed E-state index contributed by atoms with van der Waals surface area (Å²) in [4.78, 5) is 10.3. The predicted molar refractivity (Wildman–Crippen MR) is 61.7 cm³/mol. The summed E-state index contributed by atoms with van der Waals surface area (Å²) in [5, 5.41) is 17.3. The number of non-ortho nitro benzene ring substituents is 1. The van der Waals surface area contributed by atoms with Gasteiger partial charge in [-0.05, 0) is 18.6 Å². The highest BCUT2D eigenvalue weighted by Gasteiger charge is 2.08. The Balaban J connectivity index is 2.13. The van der Waals surface area contributed by atoms with Crippen LogP contribution in [0.4, 0.5) is 11.4 Å². The van der Waals surface area contributed by atoms with Crippen LogP contribution in [0.25, 0.3) is 0 Å². The van der Waals surface area contributed by atoms with Crippen molar-refractivity contribution in [2.45, 2.75) is 13.5 Å². The minimum absolute atomic E-state index is 0.0741. The van der Waals surface area contributed by atoms with Crippen molar-refractivity contribution in [3.05, 3.63) is 51.9 Å². The molecule has 0 aliphatic carbocycles. The molecule has 6 heteroatoms. The number of benzene rings is 1. The maximum atomic E-state index is 10.7. The Hall–Kier alpha value is -2.37. The Bertz CT molecular complexity index is 523. The van der Waals surface area contributed by atoms with E-state index in [2.05, 4.69) is 10.5 Å². The van der Waals surface area contributed by atoms with Crippen molar-refractivity contribution < 1.29 is 9.45 Å². The molecule has 2 rings (SSSR count). The van der Waals surface area contributed by atoms with E-state index in [0.717, 1.165) is 5.56 Å². The highest BCUT2D eigenvalue weighted by atomic mass is 16.6. The topological polar surface area (TPSA) is 81.2 Å². The number of rotatable bonds is 4. The molecule has 0 atom stereocenters. The summed E-state index contributed by atoms with van der Waals surface area (Å²) in [6.45, 7) is 2.26. The minimum Gasteiger partial charge on any atom is -0.377 e. The molecule has 0 bridgehead atoms. The summed E-state index contributed by atoms with van der Waals surface area (Å²) in [6.07, 6.45) is 1.55. The lowest BCUT2D eigenvalue weighted by atomic mass is 10.2.